The lowest BCUT2D eigenvalue weighted by atomic mass is 10.2. The molecule has 1 aromatic carbocycles. The SMILES string of the molecule is Cc1ccc(-n2c(=O)[nH]c3c(F)cccc3c2=O)s1. The number of thiophene rings is 1. The maximum Gasteiger partial charge on any atom is 0.334 e. The number of fused-ring (bicyclic) bond motifs is 1. The van der Waals surface area contributed by atoms with E-state index >= 15 is 0 Å². The third-order valence-corrected chi connectivity index (χ3v) is 3.81. The molecule has 0 aliphatic rings. The van der Waals surface area contributed by atoms with E-state index in [2.05, 4.69) is 4.98 Å². The molecule has 0 aliphatic heterocycles. The number of H-pyrrole nitrogens is 1. The van der Waals surface area contributed by atoms with Gasteiger partial charge in [-0.1, -0.05) is 6.07 Å². The van der Waals surface area contributed by atoms with E-state index in [1.54, 1.807) is 6.07 Å². The Balaban J connectivity index is 2.45. The predicted octanol–water partition coefficient (Wildman–Crippen LogP) is 2.19. The fraction of sp³-hybridized carbons (Fsp3) is 0.0769. The van der Waals surface area contributed by atoms with Crippen molar-refractivity contribution >= 4 is 22.2 Å². The Morgan fingerprint density at radius 3 is 2.68 bits per heavy atom. The summed E-state index contributed by atoms with van der Waals surface area (Å²) in [6.45, 7) is 1.88. The Bertz CT molecular complexity index is 892. The number of nitrogens with zero attached hydrogens (tertiary/aromatic N) is 1. The van der Waals surface area contributed by atoms with E-state index in [0.717, 1.165) is 9.44 Å². The molecule has 2 heterocycles. The standard InChI is InChI=1S/C13H9FN2O2S/c1-7-5-6-10(19-7)16-12(17)8-3-2-4-9(14)11(8)15-13(16)18/h2-6H,1H3,(H,15,18). The number of aromatic amines is 1. The van der Waals surface area contributed by atoms with Gasteiger partial charge in [0.05, 0.1) is 10.9 Å². The van der Waals surface area contributed by atoms with Gasteiger partial charge in [0, 0.05) is 4.88 Å². The van der Waals surface area contributed by atoms with Crippen molar-refractivity contribution in [3.8, 4) is 5.00 Å². The number of nitrogens with one attached hydrogen (secondary N) is 1. The second-order valence-corrected chi connectivity index (χ2v) is 5.38. The van der Waals surface area contributed by atoms with Crippen LogP contribution in [0, 0.1) is 12.7 Å². The van der Waals surface area contributed by atoms with E-state index in [-0.39, 0.29) is 10.9 Å². The highest BCUT2D eigenvalue weighted by molar-refractivity contribution is 7.14. The number of rotatable bonds is 1. The second-order valence-electron chi connectivity index (χ2n) is 4.12. The summed E-state index contributed by atoms with van der Waals surface area (Å²) in [5.74, 6) is -0.610. The minimum absolute atomic E-state index is 0.0537. The number of aryl methyl sites for hydroxylation is 1. The summed E-state index contributed by atoms with van der Waals surface area (Å²) in [6, 6.07) is 7.66. The van der Waals surface area contributed by atoms with Crippen LogP contribution < -0.4 is 11.2 Å². The molecule has 0 unspecified atom stereocenters. The predicted molar refractivity (Wildman–Crippen MR) is 72.7 cm³/mol. The van der Waals surface area contributed by atoms with Crippen molar-refractivity contribution in [2.75, 3.05) is 0 Å². The first-order valence-electron chi connectivity index (χ1n) is 5.58. The molecule has 2 aromatic heterocycles. The third-order valence-electron chi connectivity index (χ3n) is 2.83. The topological polar surface area (TPSA) is 54.9 Å². The van der Waals surface area contributed by atoms with Gasteiger partial charge >= 0.3 is 5.69 Å². The highest BCUT2D eigenvalue weighted by Gasteiger charge is 2.12. The first kappa shape index (κ1) is 11.9. The number of para-hydroxylation sites is 1. The zero-order valence-electron chi connectivity index (χ0n) is 9.94. The highest BCUT2D eigenvalue weighted by Crippen LogP contribution is 2.18. The lowest BCUT2D eigenvalue weighted by molar-refractivity contribution is 0.635. The Morgan fingerprint density at radius 1 is 1.21 bits per heavy atom. The van der Waals surface area contributed by atoms with Crippen LogP contribution >= 0.6 is 11.3 Å². The second kappa shape index (κ2) is 4.17. The van der Waals surface area contributed by atoms with Crippen LogP contribution in [-0.4, -0.2) is 9.55 Å². The number of benzene rings is 1. The summed E-state index contributed by atoms with van der Waals surface area (Å²) in [7, 11) is 0. The molecule has 0 fully saturated rings. The largest absolute Gasteiger partial charge is 0.334 e. The fourth-order valence-corrected chi connectivity index (χ4v) is 2.81. The Morgan fingerprint density at radius 2 is 2.00 bits per heavy atom. The van der Waals surface area contributed by atoms with Gasteiger partial charge in [-0.3, -0.25) is 4.79 Å². The number of hydrogen-bond acceptors (Lipinski definition) is 3. The molecule has 0 atom stereocenters. The van der Waals surface area contributed by atoms with Crippen molar-refractivity contribution in [1.82, 2.24) is 9.55 Å². The van der Waals surface area contributed by atoms with Crippen LogP contribution in [0.4, 0.5) is 4.39 Å². The van der Waals surface area contributed by atoms with Gasteiger partial charge in [-0.05, 0) is 31.2 Å². The lowest BCUT2D eigenvalue weighted by Crippen LogP contribution is -2.33. The molecule has 0 amide bonds. The van der Waals surface area contributed by atoms with Crippen LogP contribution in [0.5, 0.6) is 0 Å². The van der Waals surface area contributed by atoms with Crippen LogP contribution in [0.3, 0.4) is 0 Å². The van der Waals surface area contributed by atoms with Crippen LogP contribution in [0.2, 0.25) is 0 Å². The van der Waals surface area contributed by atoms with E-state index in [1.807, 2.05) is 13.0 Å². The number of aromatic nitrogens is 2. The normalized spacial score (nSPS) is 11.1. The van der Waals surface area contributed by atoms with Crippen LogP contribution in [0.15, 0.2) is 39.9 Å². The van der Waals surface area contributed by atoms with Gasteiger partial charge in [0.2, 0.25) is 0 Å². The molecule has 3 rings (SSSR count). The molecular weight excluding hydrogens is 267 g/mol. The van der Waals surface area contributed by atoms with E-state index in [9.17, 15) is 14.0 Å². The summed E-state index contributed by atoms with van der Waals surface area (Å²) in [6.07, 6.45) is 0. The molecule has 4 nitrogen and oxygen atoms in total. The summed E-state index contributed by atoms with van der Waals surface area (Å²) in [5, 5.41) is 0.681. The van der Waals surface area contributed by atoms with Gasteiger partial charge in [0.25, 0.3) is 5.56 Å². The average Bonchev–Trinajstić information content (AvgIpc) is 2.77. The molecule has 0 saturated heterocycles. The van der Waals surface area contributed by atoms with Gasteiger partial charge in [-0.25, -0.2) is 13.8 Å². The van der Waals surface area contributed by atoms with Crippen molar-refractivity contribution in [3.63, 3.8) is 0 Å². The summed E-state index contributed by atoms with van der Waals surface area (Å²) in [5.41, 5.74) is -1.20. The summed E-state index contributed by atoms with van der Waals surface area (Å²) < 4.78 is 14.6. The van der Waals surface area contributed by atoms with Crippen molar-refractivity contribution in [1.29, 1.82) is 0 Å². The first-order chi connectivity index (χ1) is 9.08. The Hall–Kier alpha value is -2.21. The maximum absolute atomic E-state index is 13.6. The van der Waals surface area contributed by atoms with Crippen molar-refractivity contribution in [2.24, 2.45) is 0 Å². The van der Waals surface area contributed by atoms with Crippen LogP contribution in [-0.2, 0) is 0 Å². The molecule has 6 heteroatoms. The number of halogens is 1. The van der Waals surface area contributed by atoms with E-state index in [4.69, 9.17) is 0 Å². The van der Waals surface area contributed by atoms with Gasteiger partial charge < -0.3 is 4.98 Å². The Labute approximate surface area is 110 Å². The molecule has 0 bridgehead atoms. The molecule has 0 aliphatic carbocycles. The summed E-state index contributed by atoms with van der Waals surface area (Å²) >= 11 is 1.33. The zero-order valence-corrected chi connectivity index (χ0v) is 10.8. The fourth-order valence-electron chi connectivity index (χ4n) is 1.95. The Kier molecular flexibility index (Phi) is 2.60. The number of hydrogen-bond donors (Lipinski definition) is 1. The average molecular weight is 276 g/mol. The minimum Gasteiger partial charge on any atom is -0.304 e. The van der Waals surface area contributed by atoms with Gasteiger partial charge in [0.1, 0.15) is 10.8 Å². The smallest absolute Gasteiger partial charge is 0.304 e. The molecule has 0 spiro atoms. The molecule has 19 heavy (non-hydrogen) atoms. The molecule has 1 N–H and O–H groups in total. The summed E-state index contributed by atoms with van der Waals surface area (Å²) in [4.78, 5) is 27.7. The van der Waals surface area contributed by atoms with E-state index in [0.29, 0.717) is 5.00 Å². The van der Waals surface area contributed by atoms with E-state index in [1.165, 1.54) is 29.5 Å². The van der Waals surface area contributed by atoms with Gasteiger partial charge in [0.15, 0.2) is 0 Å². The third kappa shape index (κ3) is 1.80. The molecule has 0 radical (unpaired) electrons. The van der Waals surface area contributed by atoms with Crippen LogP contribution in [0.1, 0.15) is 4.88 Å². The van der Waals surface area contributed by atoms with Crippen molar-refractivity contribution < 1.29 is 4.39 Å². The maximum atomic E-state index is 13.6. The molecule has 0 saturated carbocycles. The molecule has 96 valence electrons. The van der Waals surface area contributed by atoms with E-state index < -0.39 is 17.1 Å². The lowest BCUT2D eigenvalue weighted by Gasteiger charge is -2.04. The van der Waals surface area contributed by atoms with Crippen molar-refractivity contribution in [3.05, 3.63) is 61.9 Å². The molecular formula is C13H9FN2O2S. The quantitative estimate of drug-likeness (QED) is 0.740. The first-order valence-corrected chi connectivity index (χ1v) is 6.40. The molecule has 3 aromatic rings. The minimum atomic E-state index is -0.635. The van der Waals surface area contributed by atoms with Crippen molar-refractivity contribution in [2.45, 2.75) is 6.92 Å². The zero-order chi connectivity index (χ0) is 13.6. The van der Waals surface area contributed by atoms with Gasteiger partial charge in [-0.2, -0.15) is 0 Å². The van der Waals surface area contributed by atoms with Crippen LogP contribution in [0.25, 0.3) is 15.9 Å². The highest BCUT2D eigenvalue weighted by atomic mass is 32.1. The van der Waals surface area contributed by atoms with Gasteiger partial charge in [-0.15, -0.1) is 11.3 Å². The monoisotopic (exact) mass is 276 g/mol.